The van der Waals surface area contributed by atoms with Gasteiger partial charge in [-0.2, -0.15) is 21.6 Å². The van der Waals surface area contributed by atoms with Gasteiger partial charge in [0.05, 0.1) is 0 Å². The van der Waals surface area contributed by atoms with E-state index in [1.165, 1.54) is 0 Å². The van der Waals surface area contributed by atoms with Gasteiger partial charge in [0.1, 0.15) is 0 Å². The predicted octanol–water partition coefficient (Wildman–Crippen LogP) is 0.101. The molecule has 56 valence electrons. The van der Waals surface area contributed by atoms with Crippen molar-refractivity contribution in [2.24, 2.45) is 10.3 Å². The molecule has 0 unspecified atom stereocenters. The molecule has 4 nitrogen and oxygen atoms in total. The van der Waals surface area contributed by atoms with Gasteiger partial charge in [-0.15, -0.1) is 0 Å². The fourth-order valence-corrected chi connectivity index (χ4v) is 0. The number of rotatable bonds is 0. The van der Waals surface area contributed by atoms with Crippen LogP contribution in [0.15, 0.2) is 4.47 Å². The fourth-order valence-electron chi connectivity index (χ4n) is 0. The highest BCUT2D eigenvalue weighted by Crippen LogP contribution is 1.87. The fraction of sp³-hybridized carbons (Fsp3) is 1.00. The van der Waals surface area contributed by atoms with Gasteiger partial charge in [-0.05, 0) is 0 Å². The minimum atomic E-state index is -3.67. The maximum atomic E-state index is 9.67. The Labute approximate surface area is 50.1 Å². The third-order valence-electron chi connectivity index (χ3n) is 0.0861. The molecule has 0 aliphatic heterocycles. The SMILES string of the molecule is FC(F)F.NN=S(=O)=O. The van der Waals surface area contributed by atoms with Gasteiger partial charge in [0.25, 0.3) is 0 Å². The standard InChI is InChI=1S/CHF3.H2N2O2S/c2-1(3)4;1-2-5(3)4/h1H;1H2. The Morgan fingerprint density at radius 3 is 1.44 bits per heavy atom. The Hall–Kier alpha value is -0.630. The molecular weight excluding hydrogens is 161 g/mol. The Bertz CT molecular complexity index is 152. The molecule has 0 atom stereocenters. The summed E-state index contributed by atoms with van der Waals surface area (Å²) in [6, 6.07) is 0. The normalized spacial score (nSPS) is 7.67. The van der Waals surface area contributed by atoms with Crippen molar-refractivity contribution in [2.45, 2.75) is 6.68 Å². The van der Waals surface area contributed by atoms with Crippen LogP contribution in [0.4, 0.5) is 13.2 Å². The van der Waals surface area contributed by atoms with E-state index in [9.17, 15) is 13.2 Å². The summed E-state index contributed by atoms with van der Waals surface area (Å²) in [6.07, 6.45) is 0. The van der Waals surface area contributed by atoms with Crippen LogP contribution in [0.25, 0.3) is 0 Å². The van der Waals surface area contributed by atoms with Crippen LogP contribution in [0, 0.1) is 0 Å². The number of nitrogens with two attached hydrogens (primary N) is 1. The summed E-state index contributed by atoms with van der Waals surface area (Å²) in [5, 5.41) is 0. The molecule has 0 bridgehead atoms. The number of hydrogen-bond acceptors (Lipinski definition) is 3. The molecule has 8 heteroatoms. The van der Waals surface area contributed by atoms with E-state index in [1.807, 2.05) is 0 Å². The molecule has 0 spiro atoms. The van der Waals surface area contributed by atoms with E-state index in [2.05, 4.69) is 10.3 Å². The van der Waals surface area contributed by atoms with Crippen molar-refractivity contribution in [3.05, 3.63) is 0 Å². The summed E-state index contributed by atoms with van der Waals surface area (Å²) >= 11 is 0. The van der Waals surface area contributed by atoms with Crippen LogP contribution in [0.1, 0.15) is 0 Å². The zero-order chi connectivity index (χ0) is 7.86. The first-order chi connectivity index (χ1) is 4.00. The van der Waals surface area contributed by atoms with Gasteiger partial charge >= 0.3 is 17.2 Å². The molecule has 0 rings (SSSR count). The lowest BCUT2D eigenvalue weighted by atomic mass is 11.6. The van der Waals surface area contributed by atoms with Crippen LogP contribution in [0.3, 0.4) is 0 Å². The van der Waals surface area contributed by atoms with Gasteiger partial charge < -0.3 is 0 Å². The second-order valence-corrected chi connectivity index (χ2v) is 1.22. The molecule has 0 saturated carbocycles. The molecule has 2 N–H and O–H groups in total. The zero-order valence-corrected chi connectivity index (χ0v) is 4.78. The summed E-state index contributed by atoms with van der Waals surface area (Å²) < 4.78 is 49.5. The van der Waals surface area contributed by atoms with E-state index in [0.29, 0.717) is 0 Å². The third kappa shape index (κ3) is 113. The van der Waals surface area contributed by atoms with E-state index >= 15 is 0 Å². The maximum Gasteiger partial charge on any atom is 0.379 e. The van der Waals surface area contributed by atoms with Crippen molar-refractivity contribution < 1.29 is 21.6 Å². The van der Waals surface area contributed by atoms with Gasteiger partial charge in [-0.25, -0.2) is 5.84 Å². The van der Waals surface area contributed by atoms with Crippen LogP contribution in [-0.4, -0.2) is 15.1 Å². The summed E-state index contributed by atoms with van der Waals surface area (Å²) in [5.41, 5.74) is 0. The average Bonchev–Trinajstić information content (AvgIpc) is 1.65. The topological polar surface area (TPSA) is 72.5 Å². The van der Waals surface area contributed by atoms with Gasteiger partial charge in [0.15, 0.2) is 0 Å². The van der Waals surface area contributed by atoms with Crippen molar-refractivity contribution >= 4 is 10.5 Å². The lowest BCUT2D eigenvalue weighted by Gasteiger charge is -1.65. The van der Waals surface area contributed by atoms with Gasteiger partial charge in [-0.3, -0.25) is 0 Å². The van der Waals surface area contributed by atoms with Gasteiger partial charge in [0.2, 0.25) is 0 Å². The highest BCUT2D eigenvalue weighted by molar-refractivity contribution is 7.61. The molecule has 0 saturated heterocycles. The lowest BCUT2D eigenvalue weighted by Crippen LogP contribution is -1.73. The summed E-state index contributed by atoms with van der Waals surface area (Å²) in [6.45, 7) is -3.67. The monoisotopic (exact) mass is 164 g/mol. The van der Waals surface area contributed by atoms with E-state index in [1.54, 1.807) is 0 Å². The second-order valence-electron chi connectivity index (χ2n) is 0.570. The minimum Gasteiger partial charge on any atom is -0.212 e. The molecule has 0 aromatic carbocycles. The first-order valence-electron chi connectivity index (χ1n) is 1.43. The van der Waals surface area contributed by atoms with Crippen LogP contribution in [0.5, 0.6) is 0 Å². The molecule has 0 radical (unpaired) electrons. The first kappa shape index (κ1) is 11.2. The smallest absolute Gasteiger partial charge is 0.212 e. The van der Waals surface area contributed by atoms with E-state index < -0.39 is 17.2 Å². The summed E-state index contributed by atoms with van der Waals surface area (Å²) in [5.74, 6) is 4.18. The van der Waals surface area contributed by atoms with Gasteiger partial charge in [0, 0.05) is 0 Å². The zero-order valence-electron chi connectivity index (χ0n) is 3.96. The van der Waals surface area contributed by atoms with Crippen molar-refractivity contribution in [3.63, 3.8) is 0 Å². The van der Waals surface area contributed by atoms with Crippen molar-refractivity contribution in [1.82, 2.24) is 0 Å². The lowest BCUT2D eigenvalue weighted by molar-refractivity contribution is 0.00819. The second kappa shape index (κ2) is 7.37. The highest BCUT2D eigenvalue weighted by atomic mass is 32.2. The Morgan fingerprint density at radius 1 is 1.33 bits per heavy atom. The Kier molecular flexibility index (Phi) is 9.18. The largest absolute Gasteiger partial charge is 0.379 e. The van der Waals surface area contributed by atoms with Crippen molar-refractivity contribution in [1.29, 1.82) is 0 Å². The van der Waals surface area contributed by atoms with E-state index in [4.69, 9.17) is 8.42 Å². The van der Waals surface area contributed by atoms with Crippen molar-refractivity contribution in [3.8, 4) is 0 Å². The molecule has 9 heavy (non-hydrogen) atoms. The van der Waals surface area contributed by atoms with Crippen LogP contribution < -0.4 is 5.84 Å². The molecular formula is CH3F3N2O2S. The van der Waals surface area contributed by atoms with Crippen LogP contribution in [-0.2, 0) is 10.5 Å². The van der Waals surface area contributed by atoms with Gasteiger partial charge in [-0.1, -0.05) is 4.47 Å². The maximum absolute atomic E-state index is 9.67. The molecule has 0 heterocycles. The van der Waals surface area contributed by atoms with E-state index in [-0.39, 0.29) is 0 Å². The summed E-state index contributed by atoms with van der Waals surface area (Å²) in [7, 11) is -2.42. The molecule has 0 aliphatic carbocycles. The summed E-state index contributed by atoms with van der Waals surface area (Å²) in [4.78, 5) is 0. The number of halogens is 3. The molecule has 0 fully saturated rings. The first-order valence-corrected chi connectivity index (χ1v) is 2.46. The van der Waals surface area contributed by atoms with Crippen molar-refractivity contribution in [2.75, 3.05) is 0 Å². The Balaban J connectivity index is 0. The quantitative estimate of drug-likeness (QED) is 0.407. The number of alkyl halides is 3. The minimum absolute atomic E-state index is 2.31. The number of nitrogens with zero attached hydrogens (tertiary/aromatic N) is 1. The highest BCUT2D eigenvalue weighted by Gasteiger charge is 1.86. The molecule has 0 amide bonds. The molecule has 0 aliphatic rings. The Morgan fingerprint density at radius 2 is 1.44 bits per heavy atom. The van der Waals surface area contributed by atoms with Crippen LogP contribution in [0.2, 0.25) is 0 Å². The van der Waals surface area contributed by atoms with Crippen LogP contribution >= 0.6 is 0 Å². The number of hydrogen-bond donors (Lipinski definition) is 1. The average molecular weight is 164 g/mol. The molecule has 0 aromatic rings. The molecule has 0 aromatic heterocycles. The van der Waals surface area contributed by atoms with E-state index in [0.717, 1.165) is 0 Å². The predicted molar refractivity (Wildman–Crippen MR) is 22.6 cm³/mol. The third-order valence-corrected chi connectivity index (χ3v) is 0.258.